The lowest BCUT2D eigenvalue weighted by molar-refractivity contribution is 0.0526. The molecule has 9 heteroatoms. The van der Waals surface area contributed by atoms with Gasteiger partial charge < -0.3 is 18.3 Å². The fourth-order valence-electron chi connectivity index (χ4n) is 2.18. The maximum atomic E-state index is 13.3. The maximum Gasteiger partial charge on any atom is 0.340 e. The molecule has 0 spiro atoms. The molecule has 1 aromatic carbocycles. The van der Waals surface area contributed by atoms with E-state index in [0.29, 0.717) is 10.9 Å². The molecule has 1 rings (SSSR count). The Morgan fingerprint density at radius 3 is 1.80 bits per heavy atom. The van der Waals surface area contributed by atoms with Crippen LogP contribution in [0, 0.1) is 0 Å². The lowest BCUT2D eigenvalue weighted by Crippen LogP contribution is -2.14. The van der Waals surface area contributed by atoms with E-state index >= 15 is 0 Å². The summed E-state index contributed by atoms with van der Waals surface area (Å²) in [5.41, 5.74) is 0.339. The van der Waals surface area contributed by atoms with Crippen LogP contribution in [-0.4, -0.2) is 38.3 Å². The molecule has 7 nitrogen and oxygen atoms in total. The molecule has 0 saturated heterocycles. The number of benzene rings is 1. The smallest absolute Gasteiger partial charge is 0.340 e. The molecule has 0 N–H and O–H groups in total. The third kappa shape index (κ3) is 6.36. The lowest BCUT2D eigenvalue weighted by Gasteiger charge is -2.23. The van der Waals surface area contributed by atoms with E-state index in [4.69, 9.17) is 18.3 Å². The van der Waals surface area contributed by atoms with Gasteiger partial charge in [-0.3, -0.25) is 9.13 Å². The van der Waals surface area contributed by atoms with Crippen LogP contribution in [-0.2, 0) is 27.4 Å². The Hall–Kier alpha value is -0.970. The normalized spacial score (nSPS) is 14.1. The Balaban J connectivity index is 3.13. The fraction of sp³-hybridized carbons (Fsp3) is 0.562. The summed E-state index contributed by atoms with van der Waals surface area (Å²) in [4.78, 5) is 11.7. The van der Waals surface area contributed by atoms with Crippen LogP contribution in [0.2, 0.25) is 0 Å². The van der Waals surface area contributed by atoms with Crippen LogP contribution in [0.25, 0.3) is 0 Å². The Kier molecular flexibility index (Phi) is 9.04. The summed E-state index contributed by atoms with van der Waals surface area (Å²) in [5, 5.41) is 0.349. The first-order chi connectivity index (χ1) is 11.8. The highest BCUT2D eigenvalue weighted by atomic mass is 31.2. The van der Waals surface area contributed by atoms with Crippen molar-refractivity contribution < 1.29 is 32.2 Å². The summed E-state index contributed by atoms with van der Waals surface area (Å²) in [6.07, 6.45) is 0. The minimum Gasteiger partial charge on any atom is -0.462 e. The molecule has 0 aliphatic rings. The number of ether oxygens (including phenoxy) is 1. The third-order valence-electron chi connectivity index (χ3n) is 3.12. The fourth-order valence-corrected chi connectivity index (χ4v) is 7.67. The zero-order chi connectivity index (χ0) is 18.9. The highest BCUT2D eigenvalue weighted by molar-refractivity contribution is 7.78. The Bertz CT molecular complexity index is 632. The second kappa shape index (κ2) is 10.2. The van der Waals surface area contributed by atoms with E-state index in [9.17, 15) is 13.9 Å². The maximum absolute atomic E-state index is 13.3. The zero-order valence-electron chi connectivity index (χ0n) is 15.1. The van der Waals surface area contributed by atoms with Crippen LogP contribution in [0.4, 0.5) is 0 Å². The molecule has 0 saturated carbocycles. The predicted molar refractivity (Wildman–Crippen MR) is 97.0 cm³/mol. The van der Waals surface area contributed by atoms with Gasteiger partial charge in [-0.25, -0.2) is 4.79 Å². The molecular weight excluding hydrogens is 366 g/mol. The summed E-state index contributed by atoms with van der Waals surface area (Å²) in [6, 6.07) is 6.05. The second-order valence-electron chi connectivity index (χ2n) is 4.95. The van der Waals surface area contributed by atoms with Crippen molar-refractivity contribution in [2.24, 2.45) is 0 Å². The van der Waals surface area contributed by atoms with E-state index < -0.39 is 20.9 Å². The molecule has 1 atom stereocenters. The number of hydrogen-bond donors (Lipinski definition) is 0. The first-order valence-electron chi connectivity index (χ1n) is 8.23. The molecule has 25 heavy (non-hydrogen) atoms. The van der Waals surface area contributed by atoms with Gasteiger partial charge in [0, 0.05) is 5.30 Å². The van der Waals surface area contributed by atoms with Gasteiger partial charge in [-0.15, -0.1) is 0 Å². The minimum atomic E-state index is -3.56. The van der Waals surface area contributed by atoms with Gasteiger partial charge in [-0.1, -0.05) is 0 Å². The molecule has 0 bridgehead atoms. The summed E-state index contributed by atoms with van der Waals surface area (Å²) in [6.45, 7) is 7.58. The SMILES string of the molecule is CCOC(=O)c1ccc(P(=O)(CP(=O)(OCC)OCC)OCC)cc1. The van der Waals surface area contributed by atoms with Crippen LogP contribution in [0.15, 0.2) is 24.3 Å². The summed E-state index contributed by atoms with van der Waals surface area (Å²) >= 11 is 0. The van der Waals surface area contributed by atoms with Gasteiger partial charge in [0.2, 0.25) is 7.37 Å². The number of hydrogen-bond acceptors (Lipinski definition) is 7. The van der Waals surface area contributed by atoms with Crippen molar-refractivity contribution in [3.05, 3.63) is 29.8 Å². The van der Waals surface area contributed by atoms with E-state index in [1.165, 1.54) is 24.3 Å². The van der Waals surface area contributed by atoms with Crippen LogP contribution < -0.4 is 5.30 Å². The van der Waals surface area contributed by atoms with E-state index in [1.54, 1.807) is 27.7 Å². The van der Waals surface area contributed by atoms with Gasteiger partial charge in [0.25, 0.3) is 0 Å². The average molecular weight is 392 g/mol. The number of rotatable bonds is 11. The zero-order valence-corrected chi connectivity index (χ0v) is 16.9. The molecule has 0 radical (unpaired) electrons. The van der Waals surface area contributed by atoms with Gasteiger partial charge >= 0.3 is 13.6 Å². The summed E-state index contributed by atoms with van der Waals surface area (Å²) < 4.78 is 46.9. The minimum absolute atomic E-state index is 0.172. The molecule has 0 heterocycles. The van der Waals surface area contributed by atoms with Crippen LogP contribution >= 0.6 is 15.0 Å². The van der Waals surface area contributed by atoms with Crippen LogP contribution in [0.5, 0.6) is 0 Å². The molecule has 1 aromatic rings. The molecule has 0 aliphatic heterocycles. The van der Waals surface area contributed by atoms with Crippen molar-refractivity contribution in [2.45, 2.75) is 27.7 Å². The standard InChI is InChI=1S/C16H26O7P2/c1-5-20-16(17)14-9-11-15(12-10-14)24(18,21-6-2)13-25(19,22-7-3)23-8-4/h9-12H,5-8,13H2,1-4H3. The van der Waals surface area contributed by atoms with Crippen molar-refractivity contribution in [2.75, 3.05) is 32.3 Å². The largest absolute Gasteiger partial charge is 0.462 e. The quantitative estimate of drug-likeness (QED) is 0.415. The number of esters is 1. The molecule has 0 amide bonds. The van der Waals surface area contributed by atoms with Crippen LogP contribution in [0.1, 0.15) is 38.1 Å². The highest BCUT2D eigenvalue weighted by Gasteiger charge is 2.38. The van der Waals surface area contributed by atoms with Gasteiger partial charge in [-0.05, 0) is 52.0 Å². The van der Waals surface area contributed by atoms with E-state index in [-0.39, 0.29) is 32.3 Å². The third-order valence-corrected chi connectivity index (χ3v) is 9.06. The molecule has 1 unspecified atom stereocenters. The van der Waals surface area contributed by atoms with Crippen molar-refractivity contribution in [1.29, 1.82) is 0 Å². The van der Waals surface area contributed by atoms with Gasteiger partial charge in [-0.2, -0.15) is 0 Å². The van der Waals surface area contributed by atoms with Gasteiger partial charge in [0.05, 0.1) is 32.0 Å². The predicted octanol–water partition coefficient (Wildman–Crippen LogP) is 4.03. The molecular formula is C16H26O7P2. The Labute approximate surface area is 149 Å². The lowest BCUT2D eigenvalue weighted by atomic mass is 10.2. The second-order valence-corrected chi connectivity index (χ2v) is 9.94. The molecule has 142 valence electrons. The average Bonchev–Trinajstić information content (AvgIpc) is 2.55. The monoisotopic (exact) mass is 392 g/mol. The Morgan fingerprint density at radius 1 is 0.840 bits per heavy atom. The molecule has 0 aliphatic carbocycles. The summed E-state index contributed by atoms with van der Waals surface area (Å²) in [7, 11) is -7.04. The van der Waals surface area contributed by atoms with Gasteiger partial charge in [0.15, 0.2) is 0 Å². The van der Waals surface area contributed by atoms with Crippen molar-refractivity contribution in [3.8, 4) is 0 Å². The van der Waals surface area contributed by atoms with Crippen molar-refractivity contribution in [3.63, 3.8) is 0 Å². The van der Waals surface area contributed by atoms with E-state index in [1.807, 2.05) is 0 Å². The van der Waals surface area contributed by atoms with E-state index in [2.05, 4.69) is 0 Å². The number of carbonyl (C=O) groups is 1. The van der Waals surface area contributed by atoms with E-state index in [0.717, 1.165) is 0 Å². The highest BCUT2D eigenvalue weighted by Crippen LogP contribution is 2.62. The van der Waals surface area contributed by atoms with Gasteiger partial charge in [0.1, 0.15) is 5.90 Å². The number of carbonyl (C=O) groups excluding carboxylic acids is 1. The molecule has 0 aromatic heterocycles. The summed E-state index contributed by atoms with van der Waals surface area (Å²) in [5.74, 6) is -0.816. The first kappa shape index (κ1) is 22.1. The Morgan fingerprint density at radius 2 is 1.36 bits per heavy atom. The first-order valence-corrected chi connectivity index (χ1v) is 11.8. The van der Waals surface area contributed by atoms with Crippen LogP contribution in [0.3, 0.4) is 0 Å². The van der Waals surface area contributed by atoms with Crippen molar-refractivity contribution in [1.82, 2.24) is 0 Å². The topological polar surface area (TPSA) is 88.1 Å². The molecule has 0 fully saturated rings. The van der Waals surface area contributed by atoms with Crippen molar-refractivity contribution >= 4 is 26.2 Å².